The van der Waals surface area contributed by atoms with Crippen LogP contribution in [0.4, 0.5) is 4.39 Å². The van der Waals surface area contributed by atoms with E-state index in [0.717, 1.165) is 38.5 Å². The number of carboxylic acids is 1. The molecule has 0 saturated heterocycles. The van der Waals surface area contributed by atoms with Crippen molar-refractivity contribution in [1.82, 2.24) is 0 Å². The number of rotatable bonds is 13. The van der Waals surface area contributed by atoms with Crippen molar-refractivity contribution in [1.29, 1.82) is 0 Å². The number of hydrogen-bond acceptors (Lipinski definition) is 3. The molecule has 1 saturated carbocycles. The Hall–Kier alpha value is -0.940. The SMILES string of the molecule is CCCC[C@@H](F)[C@H](O)CC[C@@H]1[C@@H](C/C=C\CCCC(=O)O)[C@@H](O)C[C@H]1C. The molecule has 0 aliphatic heterocycles. The number of aliphatic carboxylic acids is 1. The van der Waals surface area contributed by atoms with E-state index in [2.05, 4.69) is 6.92 Å². The average molecular weight is 373 g/mol. The lowest BCUT2D eigenvalue weighted by molar-refractivity contribution is -0.137. The standard InChI is InChI=1S/C21H37FO4/c1-3-4-10-18(22)19(23)13-12-16-15(2)14-20(24)17(16)9-7-5-6-8-11-21(25)26/h5,7,15-20,23-24H,3-4,6,8-14H2,1-2H3,(H,25,26)/b7-5-/t15-,16+,17-,18-,19-,20+/m1/s1. The predicted molar refractivity (Wildman–Crippen MR) is 102 cm³/mol. The number of unbranched alkanes of at least 4 members (excludes halogenated alkanes) is 2. The van der Waals surface area contributed by atoms with Gasteiger partial charge in [-0.15, -0.1) is 0 Å². The van der Waals surface area contributed by atoms with Gasteiger partial charge < -0.3 is 15.3 Å². The summed E-state index contributed by atoms with van der Waals surface area (Å²) in [7, 11) is 0. The number of carboxylic acid groups (broad SMARTS) is 1. The first-order valence-electron chi connectivity index (χ1n) is 10.2. The Bertz CT molecular complexity index is 426. The van der Waals surface area contributed by atoms with Crippen molar-refractivity contribution in [3.05, 3.63) is 12.2 Å². The molecule has 0 amide bonds. The summed E-state index contributed by atoms with van der Waals surface area (Å²) >= 11 is 0. The molecule has 152 valence electrons. The number of allylic oxidation sites excluding steroid dienone is 2. The van der Waals surface area contributed by atoms with Crippen molar-refractivity contribution in [2.75, 3.05) is 0 Å². The molecule has 0 unspecified atom stereocenters. The van der Waals surface area contributed by atoms with Crippen LogP contribution in [0.5, 0.6) is 0 Å². The van der Waals surface area contributed by atoms with Crippen LogP contribution in [0.25, 0.3) is 0 Å². The summed E-state index contributed by atoms with van der Waals surface area (Å²) in [6.07, 6.45) is 8.01. The largest absolute Gasteiger partial charge is 0.481 e. The summed E-state index contributed by atoms with van der Waals surface area (Å²) < 4.78 is 14.0. The fourth-order valence-electron chi connectivity index (χ4n) is 4.15. The fourth-order valence-corrected chi connectivity index (χ4v) is 4.15. The minimum atomic E-state index is -1.15. The molecule has 6 atom stereocenters. The Morgan fingerprint density at radius 2 is 1.96 bits per heavy atom. The Morgan fingerprint density at radius 3 is 2.62 bits per heavy atom. The molecular formula is C21H37FO4. The molecule has 0 heterocycles. The van der Waals surface area contributed by atoms with Gasteiger partial charge in [-0.05, 0) is 62.7 Å². The maximum Gasteiger partial charge on any atom is 0.303 e. The molecule has 3 N–H and O–H groups in total. The van der Waals surface area contributed by atoms with Crippen LogP contribution in [0.15, 0.2) is 12.2 Å². The van der Waals surface area contributed by atoms with Gasteiger partial charge in [0.2, 0.25) is 0 Å². The molecule has 1 aliphatic rings. The van der Waals surface area contributed by atoms with Gasteiger partial charge in [0.05, 0.1) is 12.2 Å². The Labute approximate surface area is 157 Å². The number of alkyl halides is 1. The van der Waals surface area contributed by atoms with Crippen LogP contribution in [0, 0.1) is 17.8 Å². The van der Waals surface area contributed by atoms with E-state index >= 15 is 0 Å². The van der Waals surface area contributed by atoms with E-state index in [1.165, 1.54) is 0 Å². The Balaban J connectivity index is 2.43. The first-order chi connectivity index (χ1) is 12.4. The van der Waals surface area contributed by atoms with E-state index in [0.29, 0.717) is 31.1 Å². The zero-order valence-corrected chi connectivity index (χ0v) is 16.3. The van der Waals surface area contributed by atoms with Crippen LogP contribution in [0.1, 0.15) is 78.1 Å². The molecule has 0 aromatic carbocycles. The normalized spacial score (nSPS) is 28.5. The quantitative estimate of drug-likeness (QED) is 0.329. The fraction of sp³-hybridized carbons (Fsp3) is 0.857. The summed E-state index contributed by atoms with van der Waals surface area (Å²) in [6.45, 7) is 4.14. The monoisotopic (exact) mass is 372 g/mol. The van der Waals surface area contributed by atoms with Crippen molar-refractivity contribution in [3.8, 4) is 0 Å². The molecule has 1 aliphatic carbocycles. The van der Waals surface area contributed by atoms with Crippen molar-refractivity contribution in [2.24, 2.45) is 17.8 Å². The Morgan fingerprint density at radius 1 is 1.23 bits per heavy atom. The average Bonchev–Trinajstić information content (AvgIpc) is 2.86. The van der Waals surface area contributed by atoms with E-state index in [1.54, 1.807) is 0 Å². The second-order valence-corrected chi connectivity index (χ2v) is 7.90. The summed E-state index contributed by atoms with van der Waals surface area (Å²) in [5.41, 5.74) is 0. The molecule has 1 fully saturated rings. The summed E-state index contributed by atoms with van der Waals surface area (Å²) in [5.74, 6) is 0.0294. The van der Waals surface area contributed by atoms with Crippen LogP contribution in [-0.2, 0) is 4.79 Å². The molecule has 5 heteroatoms. The van der Waals surface area contributed by atoms with Crippen LogP contribution >= 0.6 is 0 Å². The topological polar surface area (TPSA) is 77.8 Å². The molecule has 4 nitrogen and oxygen atoms in total. The highest BCUT2D eigenvalue weighted by atomic mass is 19.1. The molecule has 26 heavy (non-hydrogen) atoms. The molecule has 0 aromatic heterocycles. The van der Waals surface area contributed by atoms with Crippen molar-refractivity contribution in [2.45, 2.75) is 96.4 Å². The van der Waals surface area contributed by atoms with Crippen LogP contribution in [-0.4, -0.2) is 39.7 Å². The third kappa shape index (κ3) is 8.17. The first kappa shape index (κ1) is 23.1. The van der Waals surface area contributed by atoms with Gasteiger partial charge in [-0.3, -0.25) is 4.79 Å². The number of halogens is 1. The molecule has 0 bridgehead atoms. The number of aliphatic hydroxyl groups excluding tert-OH is 2. The predicted octanol–water partition coefficient (Wildman–Crippen LogP) is 4.49. The zero-order valence-electron chi connectivity index (χ0n) is 16.3. The summed E-state index contributed by atoms with van der Waals surface area (Å²) in [5, 5.41) is 29.0. The van der Waals surface area contributed by atoms with Gasteiger partial charge >= 0.3 is 5.97 Å². The van der Waals surface area contributed by atoms with Crippen molar-refractivity contribution >= 4 is 5.97 Å². The van der Waals surface area contributed by atoms with E-state index in [4.69, 9.17) is 5.11 Å². The lowest BCUT2D eigenvalue weighted by Gasteiger charge is -2.25. The zero-order chi connectivity index (χ0) is 19.5. The summed E-state index contributed by atoms with van der Waals surface area (Å²) in [6, 6.07) is 0. The third-order valence-corrected chi connectivity index (χ3v) is 5.77. The maximum absolute atomic E-state index is 14.0. The second-order valence-electron chi connectivity index (χ2n) is 7.90. The van der Waals surface area contributed by atoms with Gasteiger partial charge in [0.1, 0.15) is 6.17 Å². The van der Waals surface area contributed by atoms with Crippen LogP contribution in [0.2, 0.25) is 0 Å². The minimum Gasteiger partial charge on any atom is -0.481 e. The smallest absolute Gasteiger partial charge is 0.303 e. The molecule has 0 spiro atoms. The lowest BCUT2D eigenvalue weighted by Crippen LogP contribution is -2.25. The van der Waals surface area contributed by atoms with Crippen molar-refractivity contribution < 1.29 is 24.5 Å². The second kappa shape index (κ2) is 12.4. The van der Waals surface area contributed by atoms with E-state index in [-0.39, 0.29) is 18.4 Å². The Kier molecular flexibility index (Phi) is 11.1. The van der Waals surface area contributed by atoms with E-state index in [1.807, 2.05) is 19.1 Å². The molecule has 0 radical (unpaired) electrons. The van der Waals surface area contributed by atoms with E-state index in [9.17, 15) is 19.4 Å². The maximum atomic E-state index is 14.0. The van der Waals surface area contributed by atoms with Crippen molar-refractivity contribution in [3.63, 3.8) is 0 Å². The number of carbonyl (C=O) groups is 1. The van der Waals surface area contributed by atoms with Crippen LogP contribution < -0.4 is 0 Å². The van der Waals surface area contributed by atoms with Crippen LogP contribution in [0.3, 0.4) is 0 Å². The molecule has 0 aromatic rings. The van der Waals surface area contributed by atoms with Gasteiger partial charge in [0, 0.05) is 6.42 Å². The highest BCUT2D eigenvalue weighted by molar-refractivity contribution is 5.66. The van der Waals surface area contributed by atoms with Gasteiger partial charge in [-0.25, -0.2) is 4.39 Å². The highest BCUT2D eigenvalue weighted by Crippen LogP contribution is 2.42. The van der Waals surface area contributed by atoms with Gasteiger partial charge in [0.15, 0.2) is 0 Å². The number of aliphatic hydroxyl groups is 2. The number of hydrogen-bond donors (Lipinski definition) is 3. The first-order valence-corrected chi connectivity index (χ1v) is 10.2. The van der Waals surface area contributed by atoms with Gasteiger partial charge in [0.25, 0.3) is 0 Å². The van der Waals surface area contributed by atoms with Gasteiger partial charge in [-0.2, -0.15) is 0 Å². The van der Waals surface area contributed by atoms with Gasteiger partial charge in [-0.1, -0.05) is 38.8 Å². The molecular weight excluding hydrogens is 335 g/mol. The minimum absolute atomic E-state index is 0.140. The lowest BCUT2D eigenvalue weighted by atomic mass is 9.83. The van der Waals surface area contributed by atoms with E-state index < -0.39 is 18.2 Å². The third-order valence-electron chi connectivity index (χ3n) is 5.77. The highest BCUT2D eigenvalue weighted by Gasteiger charge is 2.39. The summed E-state index contributed by atoms with van der Waals surface area (Å²) in [4.78, 5) is 10.5. The molecule has 1 rings (SSSR count).